The van der Waals surface area contributed by atoms with E-state index in [1.165, 1.54) is 22.2 Å². The third-order valence-corrected chi connectivity index (χ3v) is 7.06. The lowest BCUT2D eigenvalue weighted by atomic mass is 9.97. The summed E-state index contributed by atoms with van der Waals surface area (Å²) in [6, 6.07) is 5.24. The van der Waals surface area contributed by atoms with Crippen LogP contribution in [0.4, 0.5) is 10.8 Å². The Morgan fingerprint density at radius 3 is 2.91 bits per heavy atom. The number of carbonyl (C=O) groups is 2. The number of aryl methyl sites for hydroxylation is 1. The second-order valence-corrected chi connectivity index (χ2v) is 9.40. The lowest BCUT2D eigenvalue weighted by Gasteiger charge is -2.31. The predicted octanol–water partition coefficient (Wildman–Crippen LogP) is 2.81. The number of hydrogen-bond acceptors (Lipinski definition) is 7. The van der Waals surface area contributed by atoms with Gasteiger partial charge >= 0.3 is 0 Å². The molecule has 174 valence electrons. The van der Waals surface area contributed by atoms with Gasteiger partial charge in [0.15, 0.2) is 10.8 Å². The number of amides is 2. The van der Waals surface area contributed by atoms with E-state index in [1.807, 2.05) is 24.8 Å². The molecular weight excluding hydrogens is 464 g/mol. The van der Waals surface area contributed by atoms with Crippen LogP contribution in [-0.4, -0.2) is 46.0 Å². The van der Waals surface area contributed by atoms with E-state index >= 15 is 0 Å². The van der Waals surface area contributed by atoms with Crippen LogP contribution in [0.2, 0.25) is 5.02 Å². The maximum atomic E-state index is 13.0. The van der Waals surface area contributed by atoms with Crippen molar-refractivity contribution in [2.24, 2.45) is 5.92 Å². The minimum atomic E-state index is -0.358. The number of nitrogens with zero attached hydrogens (tertiary/aromatic N) is 4. The summed E-state index contributed by atoms with van der Waals surface area (Å²) < 4.78 is 1.65. The average Bonchev–Trinajstić information content (AvgIpc) is 3.24. The zero-order valence-electron chi connectivity index (χ0n) is 18.4. The van der Waals surface area contributed by atoms with Crippen molar-refractivity contribution in [3.63, 3.8) is 0 Å². The molecule has 1 saturated heterocycles. The Morgan fingerprint density at radius 2 is 2.15 bits per heavy atom. The Balaban J connectivity index is 1.50. The van der Waals surface area contributed by atoms with Crippen LogP contribution in [0.5, 0.6) is 0 Å². The molecule has 0 saturated carbocycles. The highest BCUT2D eigenvalue weighted by Gasteiger charge is 2.27. The van der Waals surface area contributed by atoms with Gasteiger partial charge in [-0.15, -0.1) is 0 Å². The number of hydrogen-bond donors (Lipinski definition) is 2. The molecule has 9 nitrogen and oxygen atoms in total. The van der Waals surface area contributed by atoms with E-state index in [1.54, 1.807) is 12.1 Å². The van der Waals surface area contributed by atoms with Gasteiger partial charge in [0.05, 0.1) is 5.92 Å². The minimum absolute atomic E-state index is 0.0460. The molecule has 0 bridgehead atoms. The first-order valence-corrected chi connectivity index (χ1v) is 12.0. The Hall–Kier alpha value is -2.98. The molecule has 0 spiro atoms. The number of anilines is 2. The second-order valence-electron chi connectivity index (χ2n) is 8.02. The highest BCUT2D eigenvalue weighted by Crippen LogP contribution is 2.29. The summed E-state index contributed by atoms with van der Waals surface area (Å²) in [6.45, 7) is 5.53. The van der Waals surface area contributed by atoms with E-state index in [0.29, 0.717) is 39.3 Å². The smallest absolute Gasteiger partial charge is 0.273 e. The predicted molar refractivity (Wildman–Crippen MR) is 130 cm³/mol. The highest BCUT2D eigenvalue weighted by atomic mass is 35.5. The summed E-state index contributed by atoms with van der Waals surface area (Å²) in [7, 11) is 0. The van der Waals surface area contributed by atoms with E-state index in [9.17, 15) is 14.4 Å². The van der Waals surface area contributed by atoms with Crippen LogP contribution in [0.15, 0.2) is 29.3 Å². The first-order chi connectivity index (χ1) is 15.9. The maximum Gasteiger partial charge on any atom is 0.273 e. The second kappa shape index (κ2) is 9.88. The van der Waals surface area contributed by atoms with Gasteiger partial charge in [-0.2, -0.15) is 4.98 Å². The van der Waals surface area contributed by atoms with E-state index in [-0.39, 0.29) is 29.8 Å². The van der Waals surface area contributed by atoms with E-state index < -0.39 is 0 Å². The molecule has 1 aliphatic rings. The number of benzene rings is 1. The number of halogens is 1. The fourth-order valence-corrected chi connectivity index (χ4v) is 4.98. The number of piperidine rings is 1. The maximum absolute atomic E-state index is 13.0. The molecule has 2 amide bonds. The normalized spacial score (nSPS) is 16.1. The first-order valence-electron chi connectivity index (χ1n) is 10.8. The third-order valence-electron chi connectivity index (χ3n) is 5.56. The number of nitrogens with one attached hydrogen (secondary N) is 2. The molecule has 1 atom stereocenters. The number of carbonyl (C=O) groups excluding carboxylic acids is 2. The number of fused-ring (bicyclic) bond motifs is 1. The molecular formula is C22H25ClN6O3S. The number of aromatic nitrogens is 3. The zero-order chi connectivity index (χ0) is 23.5. The van der Waals surface area contributed by atoms with Crippen LogP contribution in [0, 0.1) is 12.8 Å². The van der Waals surface area contributed by atoms with Gasteiger partial charge in [0.25, 0.3) is 5.56 Å². The summed E-state index contributed by atoms with van der Waals surface area (Å²) in [4.78, 5) is 48.5. The van der Waals surface area contributed by atoms with Gasteiger partial charge in [-0.1, -0.05) is 29.0 Å². The molecule has 11 heteroatoms. The van der Waals surface area contributed by atoms with Crippen LogP contribution in [-0.2, 0) is 16.1 Å². The summed E-state index contributed by atoms with van der Waals surface area (Å²) >= 11 is 7.35. The molecule has 3 heterocycles. The van der Waals surface area contributed by atoms with Crippen LogP contribution < -0.4 is 21.1 Å². The van der Waals surface area contributed by atoms with Gasteiger partial charge in [0.2, 0.25) is 11.8 Å². The quantitative estimate of drug-likeness (QED) is 0.552. The van der Waals surface area contributed by atoms with Crippen molar-refractivity contribution in [3.05, 3.63) is 45.5 Å². The average molecular weight is 489 g/mol. The SMILES string of the molecule is CCNC(=O)[C@H]1CCCN(c2nc3ncn(CC(=O)Nc4ccc(C)c(Cl)c4)c(=O)c3s2)C1. The fraction of sp³-hybridized carbons (Fsp3) is 0.409. The Morgan fingerprint density at radius 1 is 1.33 bits per heavy atom. The van der Waals surface area contributed by atoms with E-state index in [0.717, 1.165) is 24.9 Å². The molecule has 2 N–H and O–H groups in total. The monoisotopic (exact) mass is 488 g/mol. The molecule has 2 aromatic heterocycles. The summed E-state index contributed by atoms with van der Waals surface area (Å²) in [5.74, 6) is -0.414. The van der Waals surface area contributed by atoms with Crippen LogP contribution in [0.25, 0.3) is 10.3 Å². The topological polar surface area (TPSA) is 109 Å². The lowest BCUT2D eigenvalue weighted by Crippen LogP contribution is -2.43. The molecule has 1 aromatic carbocycles. The van der Waals surface area contributed by atoms with Crippen molar-refractivity contribution in [3.8, 4) is 0 Å². The zero-order valence-corrected chi connectivity index (χ0v) is 20.0. The largest absolute Gasteiger partial charge is 0.356 e. The van der Waals surface area contributed by atoms with Gasteiger partial charge in [-0.05, 0) is 44.4 Å². The standard InChI is InChI=1S/C22H25ClN6O3S/c1-3-24-20(31)14-5-4-8-28(10-14)22-27-19-18(33-22)21(32)29(12-25-19)11-17(30)26-15-7-6-13(2)16(23)9-15/h6-7,9,12,14H,3-5,8,10-11H2,1-2H3,(H,24,31)(H,26,30)/t14-/m0/s1. The van der Waals surface area contributed by atoms with Crippen molar-refractivity contribution in [1.29, 1.82) is 0 Å². The Labute approximate surface area is 199 Å². The van der Waals surface area contributed by atoms with E-state index in [2.05, 4.69) is 20.6 Å². The molecule has 3 aromatic rings. The van der Waals surface area contributed by atoms with Crippen LogP contribution in [0.3, 0.4) is 0 Å². The fourth-order valence-electron chi connectivity index (χ4n) is 3.79. The molecule has 1 aliphatic heterocycles. The van der Waals surface area contributed by atoms with Crippen molar-refractivity contribution < 1.29 is 9.59 Å². The van der Waals surface area contributed by atoms with Gasteiger partial charge in [0.1, 0.15) is 17.6 Å². The van der Waals surface area contributed by atoms with Gasteiger partial charge in [-0.25, -0.2) is 4.98 Å². The molecule has 4 rings (SSSR count). The minimum Gasteiger partial charge on any atom is -0.356 e. The number of thiazole rings is 1. The molecule has 0 radical (unpaired) electrons. The van der Waals surface area contributed by atoms with Crippen molar-refractivity contribution in [1.82, 2.24) is 19.9 Å². The Bertz CT molecular complexity index is 1260. The lowest BCUT2D eigenvalue weighted by molar-refractivity contribution is -0.125. The summed E-state index contributed by atoms with van der Waals surface area (Å²) in [6.07, 6.45) is 3.04. The molecule has 1 fully saturated rings. The van der Waals surface area contributed by atoms with E-state index in [4.69, 9.17) is 11.6 Å². The Kier molecular flexibility index (Phi) is 6.94. The van der Waals surface area contributed by atoms with Crippen molar-refractivity contribution >= 4 is 55.9 Å². The van der Waals surface area contributed by atoms with Gasteiger partial charge in [-0.3, -0.25) is 19.0 Å². The summed E-state index contributed by atoms with van der Waals surface area (Å²) in [5, 5.41) is 6.85. The highest BCUT2D eigenvalue weighted by molar-refractivity contribution is 7.22. The van der Waals surface area contributed by atoms with Crippen molar-refractivity contribution in [2.75, 3.05) is 29.9 Å². The van der Waals surface area contributed by atoms with Crippen LogP contribution >= 0.6 is 22.9 Å². The summed E-state index contributed by atoms with van der Waals surface area (Å²) in [5.41, 5.74) is 1.50. The van der Waals surface area contributed by atoms with Gasteiger partial charge < -0.3 is 15.5 Å². The molecule has 33 heavy (non-hydrogen) atoms. The van der Waals surface area contributed by atoms with Crippen LogP contribution in [0.1, 0.15) is 25.3 Å². The first kappa shape index (κ1) is 23.2. The van der Waals surface area contributed by atoms with Gasteiger partial charge in [0, 0.05) is 30.3 Å². The molecule has 0 aliphatic carbocycles. The van der Waals surface area contributed by atoms with Crippen molar-refractivity contribution in [2.45, 2.75) is 33.2 Å². The molecule has 0 unspecified atom stereocenters. The third kappa shape index (κ3) is 5.17. The number of rotatable bonds is 6.